The third-order valence-corrected chi connectivity index (χ3v) is 2.82. The van der Waals surface area contributed by atoms with Crippen LogP contribution >= 0.6 is 0 Å². The lowest BCUT2D eigenvalue weighted by Gasteiger charge is -2.13. The first kappa shape index (κ1) is 16.0. The van der Waals surface area contributed by atoms with Crippen LogP contribution in [0.3, 0.4) is 0 Å². The van der Waals surface area contributed by atoms with Gasteiger partial charge in [-0.15, -0.1) is 0 Å². The Labute approximate surface area is 120 Å². The molecule has 118 valence electrons. The first-order valence-corrected chi connectivity index (χ1v) is 5.80. The zero-order valence-corrected chi connectivity index (χ0v) is 10.6. The summed E-state index contributed by atoms with van der Waals surface area (Å²) in [6.45, 7) is 0. The summed E-state index contributed by atoms with van der Waals surface area (Å²) < 4.78 is 76.0. The SMILES string of the molecule is Oc1cc(-c2cc(O)cc(C(F)(F)F)c2)cc(C(F)(F)F)c1. The van der Waals surface area contributed by atoms with Crippen molar-refractivity contribution in [2.24, 2.45) is 0 Å². The molecule has 2 nitrogen and oxygen atoms in total. The molecule has 22 heavy (non-hydrogen) atoms. The molecule has 0 aliphatic heterocycles. The minimum Gasteiger partial charge on any atom is -0.508 e. The number of hydrogen-bond acceptors (Lipinski definition) is 2. The largest absolute Gasteiger partial charge is 0.508 e. The lowest BCUT2D eigenvalue weighted by Crippen LogP contribution is -2.06. The fourth-order valence-electron chi connectivity index (χ4n) is 1.88. The van der Waals surface area contributed by atoms with Crippen molar-refractivity contribution in [3.05, 3.63) is 47.5 Å². The summed E-state index contributed by atoms with van der Waals surface area (Å²) in [4.78, 5) is 0. The number of halogens is 6. The molecule has 0 fully saturated rings. The summed E-state index contributed by atoms with van der Waals surface area (Å²) in [5.74, 6) is -1.50. The van der Waals surface area contributed by atoms with Gasteiger partial charge in [0.25, 0.3) is 0 Å². The first-order valence-electron chi connectivity index (χ1n) is 5.80. The Morgan fingerprint density at radius 2 is 0.864 bits per heavy atom. The lowest BCUT2D eigenvalue weighted by molar-refractivity contribution is -0.138. The van der Waals surface area contributed by atoms with Gasteiger partial charge in [0.15, 0.2) is 0 Å². The molecule has 0 amide bonds. The number of hydrogen-bond donors (Lipinski definition) is 2. The van der Waals surface area contributed by atoms with Crippen molar-refractivity contribution < 1.29 is 36.6 Å². The predicted octanol–water partition coefficient (Wildman–Crippen LogP) is 4.80. The molecule has 2 N–H and O–H groups in total. The van der Waals surface area contributed by atoms with Gasteiger partial charge in [-0.1, -0.05) is 0 Å². The van der Waals surface area contributed by atoms with Gasteiger partial charge in [-0.05, 0) is 47.5 Å². The lowest BCUT2D eigenvalue weighted by atomic mass is 9.99. The molecule has 0 bridgehead atoms. The molecular formula is C14H8F6O2. The van der Waals surface area contributed by atoms with Gasteiger partial charge in [0.05, 0.1) is 11.1 Å². The van der Waals surface area contributed by atoms with Gasteiger partial charge in [0.1, 0.15) is 11.5 Å². The third-order valence-electron chi connectivity index (χ3n) is 2.82. The molecule has 8 heteroatoms. The average molecular weight is 322 g/mol. The normalized spacial score (nSPS) is 12.5. The molecular weight excluding hydrogens is 314 g/mol. The summed E-state index contributed by atoms with van der Waals surface area (Å²) in [6, 6.07) is 3.85. The van der Waals surface area contributed by atoms with E-state index in [1.807, 2.05) is 0 Å². The van der Waals surface area contributed by atoms with Crippen molar-refractivity contribution in [1.82, 2.24) is 0 Å². The molecule has 0 radical (unpaired) electrons. The van der Waals surface area contributed by atoms with Crippen LogP contribution < -0.4 is 0 Å². The van der Waals surface area contributed by atoms with Crippen molar-refractivity contribution in [3.63, 3.8) is 0 Å². The summed E-state index contributed by atoms with van der Waals surface area (Å²) in [7, 11) is 0. The smallest absolute Gasteiger partial charge is 0.416 e. The average Bonchev–Trinajstić information content (AvgIpc) is 2.35. The van der Waals surface area contributed by atoms with E-state index in [-0.39, 0.29) is 11.1 Å². The monoisotopic (exact) mass is 322 g/mol. The molecule has 2 aromatic rings. The molecule has 0 heterocycles. The molecule has 2 aromatic carbocycles. The van der Waals surface area contributed by atoms with E-state index < -0.39 is 35.0 Å². The molecule has 0 atom stereocenters. The number of phenols is 2. The highest BCUT2D eigenvalue weighted by Gasteiger charge is 2.33. The quantitative estimate of drug-likeness (QED) is 0.740. The summed E-state index contributed by atoms with van der Waals surface area (Å²) in [6.07, 6.45) is -9.53. The highest BCUT2D eigenvalue weighted by molar-refractivity contribution is 5.68. The fourth-order valence-corrected chi connectivity index (χ4v) is 1.88. The number of rotatable bonds is 1. The number of alkyl halides is 6. The van der Waals surface area contributed by atoms with E-state index >= 15 is 0 Å². The molecule has 0 aliphatic carbocycles. The van der Waals surface area contributed by atoms with Crippen molar-refractivity contribution in [3.8, 4) is 22.6 Å². The van der Waals surface area contributed by atoms with E-state index in [9.17, 15) is 36.6 Å². The van der Waals surface area contributed by atoms with Crippen LogP contribution in [-0.2, 0) is 12.4 Å². The van der Waals surface area contributed by atoms with Gasteiger partial charge in [-0.3, -0.25) is 0 Å². The minimum atomic E-state index is -4.77. The first-order chi connectivity index (χ1) is 9.96. The minimum absolute atomic E-state index is 0.297. The second kappa shape index (κ2) is 5.11. The van der Waals surface area contributed by atoms with Crippen LogP contribution in [0.1, 0.15) is 11.1 Å². The van der Waals surface area contributed by atoms with Gasteiger partial charge < -0.3 is 10.2 Å². The third kappa shape index (κ3) is 3.44. The molecule has 0 unspecified atom stereocenters. The molecule has 0 saturated heterocycles. The standard InChI is InChI=1S/C14H8F6O2/c15-13(16,17)9-1-7(3-11(21)5-9)8-2-10(14(18,19)20)6-12(22)4-8/h1-6,21-22H. The summed E-state index contributed by atoms with van der Waals surface area (Å²) >= 11 is 0. The summed E-state index contributed by atoms with van der Waals surface area (Å²) in [5.41, 5.74) is -3.01. The van der Waals surface area contributed by atoms with Crippen LogP contribution in [0, 0.1) is 0 Å². The highest BCUT2D eigenvalue weighted by atomic mass is 19.4. The van der Waals surface area contributed by atoms with Gasteiger partial charge in [0, 0.05) is 0 Å². The van der Waals surface area contributed by atoms with E-state index in [1.165, 1.54) is 0 Å². The zero-order valence-electron chi connectivity index (χ0n) is 10.6. The second-order valence-electron chi connectivity index (χ2n) is 4.53. The van der Waals surface area contributed by atoms with E-state index in [1.54, 1.807) is 0 Å². The predicted molar refractivity (Wildman–Crippen MR) is 65.2 cm³/mol. The molecule has 0 aliphatic rings. The van der Waals surface area contributed by atoms with Gasteiger partial charge in [-0.2, -0.15) is 26.3 Å². The van der Waals surface area contributed by atoms with Crippen molar-refractivity contribution >= 4 is 0 Å². The van der Waals surface area contributed by atoms with E-state index in [2.05, 4.69) is 0 Å². The Balaban J connectivity index is 2.62. The van der Waals surface area contributed by atoms with Crippen LogP contribution in [-0.4, -0.2) is 10.2 Å². The number of benzene rings is 2. The summed E-state index contributed by atoms with van der Waals surface area (Å²) in [5, 5.41) is 18.7. The number of aromatic hydroxyl groups is 2. The van der Waals surface area contributed by atoms with Crippen LogP contribution in [0.4, 0.5) is 26.3 Å². The Morgan fingerprint density at radius 1 is 0.545 bits per heavy atom. The van der Waals surface area contributed by atoms with Gasteiger partial charge >= 0.3 is 12.4 Å². The molecule has 2 rings (SSSR count). The van der Waals surface area contributed by atoms with Gasteiger partial charge in [-0.25, -0.2) is 0 Å². The van der Waals surface area contributed by atoms with E-state index in [4.69, 9.17) is 0 Å². The Bertz CT molecular complexity index is 642. The van der Waals surface area contributed by atoms with Crippen molar-refractivity contribution in [1.29, 1.82) is 0 Å². The van der Waals surface area contributed by atoms with Gasteiger partial charge in [0.2, 0.25) is 0 Å². The maximum absolute atomic E-state index is 12.7. The highest BCUT2D eigenvalue weighted by Crippen LogP contribution is 2.38. The van der Waals surface area contributed by atoms with Crippen LogP contribution in [0.25, 0.3) is 11.1 Å². The Hall–Kier alpha value is -2.38. The maximum atomic E-state index is 12.7. The molecule has 0 saturated carbocycles. The van der Waals surface area contributed by atoms with Crippen LogP contribution in [0.15, 0.2) is 36.4 Å². The fraction of sp³-hybridized carbons (Fsp3) is 0.143. The number of phenolic OH excluding ortho intramolecular Hbond substituents is 2. The Morgan fingerprint density at radius 3 is 1.14 bits per heavy atom. The van der Waals surface area contributed by atoms with Crippen LogP contribution in [0.2, 0.25) is 0 Å². The van der Waals surface area contributed by atoms with Crippen molar-refractivity contribution in [2.45, 2.75) is 12.4 Å². The van der Waals surface area contributed by atoms with E-state index in [0.717, 1.165) is 12.1 Å². The topological polar surface area (TPSA) is 40.5 Å². The zero-order chi connectivity index (χ0) is 16.7. The van der Waals surface area contributed by atoms with Crippen LogP contribution in [0.5, 0.6) is 11.5 Å². The molecule has 0 aromatic heterocycles. The van der Waals surface area contributed by atoms with E-state index in [0.29, 0.717) is 24.3 Å². The Kier molecular flexibility index (Phi) is 3.72. The van der Waals surface area contributed by atoms with Crippen molar-refractivity contribution in [2.75, 3.05) is 0 Å². The maximum Gasteiger partial charge on any atom is 0.416 e. The second-order valence-corrected chi connectivity index (χ2v) is 4.53. The molecule has 0 spiro atoms.